The number of hydrogen-bond acceptors (Lipinski definition) is 2. The van der Waals surface area contributed by atoms with E-state index in [1.807, 2.05) is 11.9 Å². The van der Waals surface area contributed by atoms with E-state index in [-0.39, 0.29) is 5.91 Å². The van der Waals surface area contributed by atoms with Crippen LogP contribution in [-0.2, 0) is 4.79 Å². The predicted octanol–water partition coefficient (Wildman–Crippen LogP) is 0.607. The summed E-state index contributed by atoms with van der Waals surface area (Å²) in [5, 5.41) is 2.90. The number of rotatable bonds is 5. The standard InChI is InChI=1S/C9H18N2O/c1-3-6-11(8-4-5-8)9(12)7-10-2/h8,10H,3-7H2,1-2H3. The molecular weight excluding hydrogens is 152 g/mol. The van der Waals surface area contributed by atoms with Gasteiger partial charge in [-0.05, 0) is 26.3 Å². The third-order valence-electron chi connectivity index (χ3n) is 2.10. The van der Waals surface area contributed by atoms with Crippen molar-refractivity contribution in [3.05, 3.63) is 0 Å². The van der Waals surface area contributed by atoms with Crippen molar-refractivity contribution >= 4 is 5.91 Å². The number of amides is 1. The second-order valence-corrected chi connectivity index (χ2v) is 3.35. The van der Waals surface area contributed by atoms with Gasteiger partial charge in [-0.3, -0.25) is 4.79 Å². The maximum Gasteiger partial charge on any atom is 0.236 e. The Bertz CT molecular complexity index is 155. The minimum absolute atomic E-state index is 0.252. The second kappa shape index (κ2) is 4.45. The fraction of sp³-hybridized carbons (Fsp3) is 0.889. The number of carbonyl (C=O) groups excluding carboxylic acids is 1. The maximum atomic E-state index is 11.5. The summed E-state index contributed by atoms with van der Waals surface area (Å²) >= 11 is 0. The van der Waals surface area contributed by atoms with Gasteiger partial charge < -0.3 is 10.2 Å². The van der Waals surface area contributed by atoms with Crippen LogP contribution in [0.4, 0.5) is 0 Å². The summed E-state index contributed by atoms with van der Waals surface area (Å²) in [7, 11) is 1.81. The predicted molar refractivity (Wildman–Crippen MR) is 49.0 cm³/mol. The number of likely N-dealkylation sites (N-methyl/N-ethyl adjacent to an activating group) is 1. The van der Waals surface area contributed by atoms with Gasteiger partial charge in [-0.1, -0.05) is 6.92 Å². The van der Waals surface area contributed by atoms with Crippen molar-refractivity contribution in [2.45, 2.75) is 32.2 Å². The van der Waals surface area contributed by atoms with Crippen LogP contribution >= 0.6 is 0 Å². The first-order chi connectivity index (χ1) is 5.79. The number of carbonyl (C=O) groups is 1. The van der Waals surface area contributed by atoms with E-state index in [0.717, 1.165) is 13.0 Å². The topological polar surface area (TPSA) is 32.3 Å². The highest BCUT2D eigenvalue weighted by Crippen LogP contribution is 2.26. The highest BCUT2D eigenvalue weighted by atomic mass is 16.2. The first-order valence-electron chi connectivity index (χ1n) is 4.73. The Labute approximate surface area is 74.1 Å². The normalized spacial score (nSPS) is 16.2. The highest BCUT2D eigenvalue weighted by Gasteiger charge is 2.31. The van der Waals surface area contributed by atoms with Crippen LogP contribution in [0.5, 0.6) is 0 Å². The van der Waals surface area contributed by atoms with Crippen molar-refractivity contribution in [3.63, 3.8) is 0 Å². The van der Waals surface area contributed by atoms with Gasteiger partial charge in [0.15, 0.2) is 0 Å². The lowest BCUT2D eigenvalue weighted by atomic mass is 10.3. The molecule has 1 aliphatic rings. The lowest BCUT2D eigenvalue weighted by Gasteiger charge is -2.21. The molecule has 70 valence electrons. The van der Waals surface area contributed by atoms with Gasteiger partial charge in [0.1, 0.15) is 0 Å². The van der Waals surface area contributed by atoms with Crippen molar-refractivity contribution in [1.82, 2.24) is 10.2 Å². The van der Waals surface area contributed by atoms with E-state index in [9.17, 15) is 4.79 Å². The molecule has 0 aliphatic heterocycles. The van der Waals surface area contributed by atoms with Crippen molar-refractivity contribution in [2.24, 2.45) is 0 Å². The van der Waals surface area contributed by atoms with Gasteiger partial charge in [-0.2, -0.15) is 0 Å². The SMILES string of the molecule is CCCN(C(=O)CNC)C1CC1. The van der Waals surface area contributed by atoms with Gasteiger partial charge in [0.2, 0.25) is 5.91 Å². The van der Waals surface area contributed by atoms with E-state index in [0.29, 0.717) is 12.6 Å². The fourth-order valence-electron chi connectivity index (χ4n) is 1.39. The Morgan fingerprint density at radius 2 is 2.25 bits per heavy atom. The van der Waals surface area contributed by atoms with Crippen molar-refractivity contribution in [1.29, 1.82) is 0 Å². The first-order valence-corrected chi connectivity index (χ1v) is 4.73. The molecule has 1 amide bonds. The van der Waals surface area contributed by atoms with Crippen LogP contribution in [-0.4, -0.2) is 37.0 Å². The van der Waals surface area contributed by atoms with E-state index in [1.54, 1.807) is 0 Å². The molecule has 0 heterocycles. The molecule has 0 bridgehead atoms. The lowest BCUT2D eigenvalue weighted by molar-refractivity contribution is -0.130. The average Bonchev–Trinajstić information content (AvgIpc) is 2.83. The summed E-state index contributed by atoms with van der Waals surface area (Å²) in [6.45, 7) is 3.52. The molecule has 1 saturated carbocycles. The van der Waals surface area contributed by atoms with Crippen LogP contribution in [0, 0.1) is 0 Å². The van der Waals surface area contributed by atoms with Crippen LogP contribution in [0.15, 0.2) is 0 Å². The Morgan fingerprint density at radius 1 is 1.58 bits per heavy atom. The minimum atomic E-state index is 0.252. The zero-order chi connectivity index (χ0) is 8.97. The van der Waals surface area contributed by atoms with Crippen LogP contribution in [0.1, 0.15) is 26.2 Å². The quantitative estimate of drug-likeness (QED) is 0.655. The minimum Gasteiger partial charge on any atom is -0.339 e. The molecule has 0 radical (unpaired) electrons. The Morgan fingerprint density at radius 3 is 2.67 bits per heavy atom. The van der Waals surface area contributed by atoms with Crippen molar-refractivity contribution < 1.29 is 4.79 Å². The summed E-state index contributed by atoms with van der Waals surface area (Å²) in [4.78, 5) is 13.5. The lowest BCUT2D eigenvalue weighted by Crippen LogP contribution is -2.39. The molecule has 12 heavy (non-hydrogen) atoms. The van der Waals surface area contributed by atoms with E-state index in [4.69, 9.17) is 0 Å². The number of nitrogens with one attached hydrogen (secondary N) is 1. The summed E-state index contributed by atoms with van der Waals surface area (Å²) < 4.78 is 0. The van der Waals surface area contributed by atoms with E-state index < -0.39 is 0 Å². The van der Waals surface area contributed by atoms with Gasteiger partial charge in [0.25, 0.3) is 0 Å². The number of nitrogens with zero attached hydrogens (tertiary/aromatic N) is 1. The van der Waals surface area contributed by atoms with Gasteiger partial charge >= 0.3 is 0 Å². The molecule has 0 saturated heterocycles. The van der Waals surface area contributed by atoms with E-state index in [1.165, 1.54) is 12.8 Å². The third kappa shape index (κ3) is 2.48. The monoisotopic (exact) mass is 170 g/mol. The zero-order valence-electron chi connectivity index (χ0n) is 7.97. The molecule has 0 atom stereocenters. The van der Waals surface area contributed by atoms with Crippen molar-refractivity contribution in [2.75, 3.05) is 20.1 Å². The Kier molecular flexibility index (Phi) is 3.53. The summed E-state index contributed by atoms with van der Waals surface area (Å²) in [5.41, 5.74) is 0. The largest absolute Gasteiger partial charge is 0.339 e. The molecule has 3 heteroatoms. The summed E-state index contributed by atoms with van der Waals surface area (Å²) in [6, 6.07) is 0.561. The first kappa shape index (κ1) is 9.52. The second-order valence-electron chi connectivity index (χ2n) is 3.35. The van der Waals surface area contributed by atoms with Crippen LogP contribution in [0.2, 0.25) is 0 Å². The van der Waals surface area contributed by atoms with Gasteiger partial charge in [0.05, 0.1) is 6.54 Å². The smallest absolute Gasteiger partial charge is 0.236 e. The third-order valence-corrected chi connectivity index (χ3v) is 2.10. The van der Waals surface area contributed by atoms with Crippen LogP contribution in [0.3, 0.4) is 0 Å². The highest BCUT2D eigenvalue weighted by molar-refractivity contribution is 5.78. The van der Waals surface area contributed by atoms with Crippen LogP contribution < -0.4 is 5.32 Å². The molecule has 0 aromatic rings. The molecule has 0 aromatic heterocycles. The fourth-order valence-corrected chi connectivity index (χ4v) is 1.39. The Hall–Kier alpha value is -0.570. The zero-order valence-corrected chi connectivity index (χ0v) is 7.97. The van der Waals surface area contributed by atoms with Crippen LogP contribution in [0.25, 0.3) is 0 Å². The summed E-state index contributed by atoms with van der Waals surface area (Å²) in [6.07, 6.45) is 3.47. The van der Waals surface area contributed by atoms with E-state index in [2.05, 4.69) is 12.2 Å². The molecule has 1 rings (SSSR count). The summed E-state index contributed by atoms with van der Waals surface area (Å²) in [5.74, 6) is 0.252. The van der Waals surface area contributed by atoms with Gasteiger partial charge in [-0.25, -0.2) is 0 Å². The van der Waals surface area contributed by atoms with Gasteiger partial charge in [0, 0.05) is 12.6 Å². The molecule has 1 aliphatic carbocycles. The van der Waals surface area contributed by atoms with Gasteiger partial charge in [-0.15, -0.1) is 0 Å². The Balaban J connectivity index is 2.34. The number of hydrogen-bond donors (Lipinski definition) is 1. The molecule has 1 N–H and O–H groups in total. The molecular formula is C9H18N2O. The average molecular weight is 170 g/mol. The molecule has 1 fully saturated rings. The molecule has 0 unspecified atom stereocenters. The molecule has 0 aromatic carbocycles. The maximum absolute atomic E-state index is 11.5. The molecule has 3 nitrogen and oxygen atoms in total. The molecule has 0 spiro atoms. The van der Waals surface area contributed by atoms with E-state index >= 15 is 0 Å². The van der Waals surface area contributed by atoms with Crippen molar-refractivity contribution in [3.8, 4) is 0 Å².